The number of hydrogen-bond acceptors (Lipinski definition) is 2. The van der Waals surface area contributed by atoms with Crippen LogP contribution in [0.5, 0.6) is 0 Å². The molecule has 198 valence electrons. The lowest BCUT2D eigenvalue weighted by Gasteiger charge is -2.15. The standard InChI is InChI=1S/C32H18F6N2/c33-31(34,35)26-15-25(16-27(17-26)32(36,37)38)22-9-7-19-6-8-21(13-24(19)14-22)23-10-11-29(40-18-23)28-5-1-3-20-4-2-12-39-30(20)28/h1-18H. The van der Waals surface area contributed by atoms with E-state index in [0.717, 1.165) is 50.8 Å². The lowest BCUT2D eigenvalue weighted by atomic mass is 9.95. The van der Waals surface area contributed by atoms with E-state index in [1.165, 1.54) is 6.07 Å². The van der Waals surface area contributed by atoms with Gasteiger partial charge in [0.2, 0.25) is 0 Å². The third kappa shape index (κ3) is 4.88. The van der Waals surface area contributed by atoms with E-state index < -0.39 is 23.5 Å². The van der Waals surface area contributed by atoms with Crippen LogP contribution in [0.1, 0.15) is 11.1 Å². The Morgan fingerprint density at radius 1 is 0.475 bits per heavy atom. The third-order valence-electron chi connectivity index (χ3n) is 6.77. The van der Waals surface area contributed by atoms with E-state index in [-0.39, 0.29) is 17.2 Å². The van der Waals surface area contributed by atoms with Gasteiger partial charge in [0.05, 0.1) is 22.3 Å². The minimum absolute atomic E-state index is 0.133. The first-order valence-corrected chi connectivity index (χ1v) is 12.2. The Bertz CT molecular complexity index is 1840. The molecule has 2 aromatic heterocycles. The van der Waals surface area contributed by atoms with Crippen LogP contribution in [0.2, 0.25) is 0 Å². The van der Waals surface area contributed by atoms with Crippen LogP contribution < -0.4 is 0 Å². The molecule has 0 aliphatic carbocycles. The van der Waals surface area contributed by atoms with E-state index >= 15 is 0 Å². The fourth-order valence-electron chi connectivity index (χ4n) is 4.76. The molecule has 2 nitrogen and oxygen atoms in total. The van der Waals surface area contributed by atoms with Gasteiger partial charge >= 0.3 is 12.4 Å². The Morgan fingerprint density at radius 3 is 1.73 bits per heavy atom. The zero-order valence-electron chi connectivity index (χ0n) is 20.6. The molecule has 0 saturated carbocycles. The third-order valence-corrected chi connectivity index (χ3v) is 6.77. The number of pyridine rings is 2. The van der Waals surface area contributed by atoms with Crippen molar-refractivity contribution in [2.45, 2.75) is 12.4 Å². The lowest BCUT2D eigenvalue weighted by Crippen LogP contribution is -2.11. The number of halogens is 6. The number of para-hydroxylation sites is 1. The first kappa shape index (κ1) is 25.6. The van der Waals surface area contributed by atoms with E-state index in [4.69, 9.17) is 0 Å². The number of hydrogen-bond donors (Lipinski definition) is 0. The average Bonchev–Trinajstić information content (AvgIpc) is 2.95. The Kier molecular flexibility index (Phi) is 6.06. The second-order valence-electron chi connectivity index (χ2n) is 9.38. The minimum atomic E-state index is -4.92. The lowest BCUT2D eigenvalue weighted by molar-refractivity contribution is -0.143. The van der Waals surface area contributed by atoms with Crippen molar-refractivity contribution in [3.63, 3.8) is 0 Å². The van der Waals surface area contributed by atoms with Gasteiger partial charge in [-0.25, -0.2) is 0 Å². The van der Waals surface area contributed by atoms with E-state index in [1.54, 1.807) is 24.5 Å². The van der Waals surface area contributed by atoms with Crippen molar-refractivity contribution in [2.24, 2.45) is 0 Å². The molecule has 2 heterocycles. The Labute approximate surface area is 224 Å². The monoisotopic (exact) mass is 544 g/mol. The highest BCUT2D eigenvalue weighted by Crippen LogP contribution is 2.39. The number of fused-ring (bicyclic) bond motifs is 2. The summed E-state index contributed by atoms with van der Waals surface area (Å²) in [5.41, 5.74) is 1.49. The van der Waals surface area contributed by atoms with Gasteiger partial charge in [-0.05, 0) is 69.9 Å². The van der Waals surface area contributed by atoms with Gasteiger partial charge in [0, 0.05) is 28.9 Å². The maximum absolute atomic E-state index is 13.4. The van der Waals surface area contributed by atoms with Crippen molar-refractivity contribution in [3.8, 4) is 33.5 Å². The topological polar surface area (TPSA) is 25.8 Å². The van der Waals surface area contributed by atoms with Gasteiger partial charge < -0.3 is 0 Å². The second kappa shape index (κ2) is 9.48. The van der Waals surface area contributed by atoms with Crippen LogP contribution in [-0.4, -0.2) is 9.97 Å². The summed E-state index contributed by atoms with van der Waals surface area (Å²) in [5, 5.41) is 2.46. The van der Waals surface area contributed by atoms with Gasteiger partial charge in [-0.1, -0.05) is 54.6 Å². The van der Waals surface area contributed by atoms with Crippen LogP contribution in [0.4, 0.5) is 26.3 Å². The summed E-state index contributed by atoms with van der Waals surface area (Å²) in [5.74, 6) is 0. The minimum Gasteiger partial charge on any atom is -0.256 e. The fourth-order valence-corrected chi connectivity index (χ4v) is 4.76. The molecule has 0 unspecified atom stereocenters. The molecule has 0 radical (unpaired) electrons. The van der Waals surface area contributed by atoms with Gasteiger partial charge in [0.15, 0.2) is 0 Å². The molecule has 0 atom stereocenters. The predicted molar refractivity (Wildman–Crippen MR) is 143 cm³/mol. The van der Waals surface area contributed by atoms with Crippen molar-refractivity contribution in [1.29, 1.82) is 0 Å². The van der Waals surface area contributed by atoms with Crippen molar-refractivity contribution in [1.82, 2.24) is 9.97 Å². The normalized spacial score (nSPS) is 12.2. The van der Waals surface area contributed by atoms with Crippen molar-refractivity contribution in [2.75, 3.05) is 0 Å². The molecule has 6 aromatic rings. The largest absolute Gasteiger partial charge is 0.416 e. The molecule has 0 spiro atoms. The maximum atomic E-state index is 13.4. The van der Waals surface area contributed by atoms with Gasteiger partial charge in [-0.2, -0.15) is 26.3 Å². The van der Waals surface area contributed by atoms with Crippen LogP contribution in [0.25, 0.3) is 55.2 Å². The number of nitrogens with zero attached hydrogens (tertiary/aromatic N) is 2. The molecular weight excluding hydrogens is 526 g/mol. The molecule has 0 aliphatic rings. The second-order valence-corrected chi connectivity index (χ2v) is 9.38. The summed E-state index contributed by atoms with van der Waals surface area (Å²) in [7, 11) is 0. The summed E-state index contributed by atoms with van der Waals surface area (Å²) in [6.07, 6.45) is -6.38. The van der Waals surface area contributed by atoms with Gasteiger partial charge in [-0.3, -0.25) is 9.97 Å². The first-order chi connectivity index (χ1) is 19.1. The summed E-state index contributed by atoms with van der Waals surface area (Å²) in [6.45, 7) is 0. The predicted octanol–water partition coefficient (Wildman–Crippen LogP) is 9.82. The zero-order valence-corrected chi connectivity index (χ0v) is 20.6. The number of aromatic nitrogens is 2. The average molecular weight is 544 g/mol. The molecule has 4 aromatic carbocycles. The van der Waals surface area contributed by atoms with E-state index in [1.807, 2.05) is 60.7 Å². The molecule has 0 N–H and O–H groups in total. The summed E-state index contributed by atoms with van der Waals surface area (Å²) < 4.78 is 80.3. The quantitative estimate of drug-likeness (QED) is 0.207. The molecule has 40 heavy (non-hydrogen) atoms. The van der Waals surface area contributed by atoms with Crippen LogP contribution in [0.15, 0.2) is 109 Å². The number of alkyl halides is 6. The van der Waals surface area contributed by atoms with Crippen molar-refractivity contribution < 1.29 is 26.3 Å². The molecule has 0 saturated heterocycles. The molecule has 8 heteroatoms. The Morgan fingerprint density at radius 2 is 1.10 bits per heavy atom. The molecule has 0 aliphatic heterocycles. The fraction of sp³-hybridized carbons (Fsp3) is 0.0625. The molecule has 6 rings (SSSR count). The van der Waals surface area contributed by atoms with E-state index in [9.17, 15) is 26.3 Å². The summed E-state index contributed by atoms with van der Waals surface area (Å²) >= 11 is 0. The van der Waals surface area contributed by atoms with Crippen molar-refractivity contribution >= 4 is 21.7 Å². The number of rotatable bonds is 3. The van der Waals surface area contributed by atoms with Crippen LogP contribution in [-0.2, 0) is 12.4 Å². The maximum Gasteiger partial charge on any atom is 0.416 e. The molecular formula is C32H18F6N2. The summed E-state index contributed by atoms with van der Waals surface area (Å²) in [4.78, 5) is 9.11. The molecule has 0 fully saturated rings. The van der Waals surface area contributed by atoms with E-state index in [0.29, 0.717) is 5.39 Å². The Balaban J connectivity index is 1.38. The first-order valence-electron chi connectivity index (χ1n) is 12.2. The van der Waals surface area contributed by atoms with Crippen LogP contribution >= 0.6 is 0 Å². The smallest absolute Gasteiger partial charge is 0.256 e. The van der Waals surface area contributed by atoms with Gasteiger partial charge in [0.25, 0.3) is 0 Å². The van der Waals surface area contributed by atoms with E-state index in [2.05, 4.69) is 9.97 Å². The highest BCUT2D eigenvalue weighted by Gasteiger charge is 2.37. The highest BCUT2D eigenvalue weighted by atomic mass is 19.4. The highest BCUT2D eigenvalue weighted by molar-refractivity contribution is 5.93. The van der Waals surface area contributed by atoms with Crippen LogP contribution in [0, 0.1) is 0 Å². The summed E-state index contributed by atoms with van der Waals surface area (Å²) in [6, 6.07) is 25.5. The Hall–Kier alpha value is -4.72. The zero-order chi connectivity index (χ0) is 28.1. The van der Waals surface area contributed by atoms with Gasteiger partial charge in [0.1, 0.15) is 0 Å². The van der Waals surface area contributed by atoms with Crippen molar-refractivity contribution in [3.05, 3.63) is 121 Å². The molecule has 0 bridgehead atoms. The number of benzene rings is 4. The SMILES string of the molecule is FC(F)(F)c1cc(-c2ccc3ccc(-c4ccc(-c5cccc6cccnc56)nc4)cc3c2)cc(C(F)(F)F)c1. The van der Waals surface area contributed by atoms with Gasteiger partial charge in [-0.15, -0.1) is 0 Å². The molecule has 0 amide bonds. The van der Waals surface area contributed by atoms with Crippen LogP contribution in [0.3, 0.4) is 0 Å².